The lowest BCUT2D eigenvalue weighted by molar-refractivity contribution is 0.200. The molecule has 3 heteroatoms. The fourth-order valence-corrected chi connectivity index (χ4v) is 3.07. The van der Waals surface area contributed by atoms with Gasteiger partial charge in [0.1, 0.15) is 0 Å². The molecule has 0 bridgehead atoms. The van der Waals surface area contributed by atoms with Crippen LogP contribution in [0.25, 0.3) is 0 Å². The lowest BCUT2D eigenvalue weighted by Crippen LogP contribution is -2.14. The Bertz CT molecular complexity index is 542. The van der Waals surface area contributed by atoms with Crippen molar-refractivity contribution in [1.29, 1.82) is 0 Å². The number of benzene rings is 2. The predicted octanol–water partition coefficient (Wildman–Crippen LogP) is 4.34. The molecule has 19 heavy (non-hydrogen) atoms. The first-order valence-corrected chi connectivity index (χ1v) is 7.63. The molecule has 2 rings (SSSR count). The van der Waals surface area contributed by atoms with Gasteiger partial charge in [-0.05, 0) is 36.6 Å². The quantitative estimate of drug-likeness (QED) is 0.827. The molecule has 0 aliphatic carbocycles. The van der Waals surface area contributed by atoms with E-state index in [-0.39, 0.29) is 6.10 Å². The average Bonchev–Trinajstić information content (AvgIpc) is 2.40. The summed E-state index contributed by atoms with van der Waals surface area (Å²) in [4.78, 5) is 1.02. The summed E-state index contributed by atoms with van der Waals surface area (Å²) in [5, 5.41) is 10.9. The van der Waals surface area contributed by atoms with Crippen molar-refractivity contribution in [3.63, 3.8) is 0 Å². The largest absolute Gasteiger partial charge is 0.392 e. The number of aliphatic hydroxyl groups is 1. The molecule has 0 radical (unpaired) electrons. The molecular weight excluding hydrogens is 276 g/mol. The van der Waals surface area contributed by atoms with Gasteiger partial charge in [0.15, 0.2) is 0 Å². The van der Waals surface area contributed by atoms with E-state index in [1.165, 1.54) is 11.1 Å². The lowest BCUT2D eigenvalue weighted by Gasteiger charge is -2.12. The lowest BCUT2D eigenvalue weighted by atomic mass is 10.0. The molecule has 1 atom stereocenters. The van der Waals surface area contributed by atoms with E-state index in [0.29, 0.717) is 12.2 Å². The van der Waals surface area contributed by atoms with Gasteiger partial charge in [0.05, 0.1) is 11.1 Å². The molecule has 1 nitrogen and oxygen atoms in total. The molecule has 0 aromatic heterocycles. The van der Waals surface area contributed by atoms with Gasteiger partial charge in [-0.25, -0.2) is 0 Å². The Morgan fingerprint density at radius 3 is 2.53 bits per heavy atom. The molecule has 0 saturated heterocycles. The first kappa shape index (κ1) is 14.4. The molecule has 0 heterocycles. The van der Waals surface area contributed by atoms with Gasteiger partial charge in [-0.3, -0.25) is 0 Å². The summed E-state index contributed by atoms with van der Waals surface area (Å²) >= 11 is 7.69. The van der Waals surface area contributed by atoms with Gasteiger partial charge in [0.25, 0.3) is 0 Å². The van der Waals surface area contributed by atoms with Crippen molar-refractivity contribution in [1.82, 2.24) is 0 Å². The topological polar surface area (TPSA) is 20.2 Å². The zero-order valence-corrected chi connectivity index (χ0v) is 12.4. The molecule has 0 spiro atoms. The second-order valence-electron chi connectivity index (χ2n) is 4.53. The average molecular weight is 293 g/mol. The molecule has 0 fully saturated rings. The molecule has 0 amide bonds. The van der Waals surface area contributed by atoms with E-state index in [9.17, 15) is 5.11 Å². The number of hydrogen-bond donors (Lipinski definition) is 1. The standard InChI is InChI=1S/C16H17ClOS/c1-12-6-2-3-7-13(12)10-14(18)11-19-16-9-5-4-8-15(16)17/h2-9,14,18H,10-11H2,1H3. The molecule has 1 N–H and O–H groups in total. The molecule has 0 saturated carbocycles. The number of aliphatic hydroxyl groups excluding tert-OH is 1. The zero-order valence-electron chi connectivity index (χ0n) is 10.8. The van der Waals surface area contributed by atoms with E-state index in [0.717, 1.165) is 9.92 Å². The Balaban J connectivity index is 1.90. The summed E-state index contributed by atoms with van der Waals surface area (Å²) in [6, 6.07) is 15.9. The second kappa shape index (κ2) is 6.99. The molecule has 0 aliphatic rings. The number of aryl methyl sites for hydroxylation is 1. The van der Waals surface area contributed by atoms with Crippen molar-refractivity contribution < 1.29 is 5.11 Å². The smallest absolute Gasteiger partial charge is 0.0674 e. The van der Waals surface area contributed by atoms with Crippen molar-refractivity contribution in [3.8, 4) is 0 Å². The SMILES string of the molecule is Cc1ccccc1CC(O)CSc1ccccc1Cl. The first-order chi connectivity index (χ1) is 9.16. The molecule has 0 aliphatic heterocycles. The third kappa shape index (κ3) is 4.27. The van der Waals surface area contributed by atoms with Crippen molar-refractivity contribution in [3.05, 3.63) is 64.7 Å². The van der Waals surface area contributed by atoms with Crippen LogP contribution < -0.4 is 0 Å². The fourth-order valence-electron chi connectivity index (χ4n) is 1.90. The summed E-state index contributed by atoms with van der Waals surface area (Å²) in [6.07, 6.45) is 0.326. The number of halogens is 1. The highest BCUT2D eigenvalue weighted by Crippen LogP contribution is 2.27. The van der Waals surface area contributed by atoms with E-state index in [1.54, 1.807) is 11.8 Å². The Kier molecular flexibility index (Phi) is 5.32. The Morgan fingerprint density at radius 1 is 1.11 bits per heavy atom. The highest BCUT2D eigenvalue weighted by atomic mass is 35.5. The van der Waals surface area contributed by atoms with E-state index in [4.69, 9.17) is 11.6 Å². The first-order valence-electron chi connectivity index (χ1n) is 6.26. The summed E-state index contributed by atoms with van der Waals surface area (Å²) in [5.74, 6) is 0.651. The Morgan fingerprint density at radius 2 is 1.79 bits per heavy atom. The summed E-state index contributed by atoms with van der Waals surface area (Å²) in [5.41, 5.74) is 2.43. The maximum Gasteiger partial charge on any atom is 0.0674 e. The van der Waals surface area contributed by atoms with Crippen LogP contribution >= 0.6 is 23.4 Å². The van der Waals surface area contributed by atoms with Crippen molar-refractivity contribution >= 4 is 23.4 Å². The normalized spacial score (nSPS) is 12.4. The van der Waals surface area contributed by atoms with Crippen molar-refractivity contribution in [2.75, 3.05) is 5.75 Å². The van der Waals surface area contributed by atoms with Crippen LogP contribution in [0.3, 0.4) is 0 Å². The maximum absolute atomic E-state index is 10.1. The minimum atomic E-state index is -0.359. The van der Waals surface area contributed by atoms with Crippen molar-refractivity contribution in [2.24, 2.45) is 0 Å². The summed E-state index contributed by atoms with van der Waals surface area (Å²) in [7, 11) is 0. The number of thioether (sulfide) groups is 1. The molecule has 1 unspecified atom stereocenters. The van der Waals surface area contributed by atoms with E-state index in [1.807, 2.05) is 36.4 Å². The molecular formula is C16H17ClOS. The van der Waals surface area contributed by atoms with E-state index in [2.05, 4.69) is 19.1 Å². The highest BCUT2D eigenvalue weighted by molar-refractivity contribution is 7.99. The summed E-state index contributed by atoms with van der Waals surface area (Å²) < 4.78 is 0. The van der Waals surface area contributed by atoms with Gasteiger partial charge in [0.2, 0.25) is 0 Å². The predicted molar refractivity (Wildman–Crippen MR) is 83.1 cm³/mol. The van der Waals surface area contributed by atoms with Crippen LogP contribution in [0.4, 0.5) is 0 Å². The van der Waals surface area contributed by atoms with Crippen LogP contribution in [-0.4, -0.2) is 17.0 Å². The van der Waals surface area contributed by atoms with Crippen LogP contribution in [0.2, 0.25) is 5.02 Å². The fraction of sp³-hybridized carbons (Fsp3) is 0.250. The van der Waals surface area contributed by atoms with E-state index < -0.39 is 0 Å². The highest BCUT2D eigenvalue weighted by Gasteiger charge is 2.09. The molecule has 2 aromatic carbocycles. The maximum atomic E-state index is 10.1. The Labute approximate surface area is 123 Å². The van der Waals surface area contributed by atoms with Gasteiger partial charge in [-0.1, -0.05) is 48.0 Å². The van der Waals surface area contributed by atoms with Gasteiger partial charge in [-0.2, -0.15) is 0 Å². The minimum Gasteiger partial charge on any atom is -0.392 e. The number of hydrogen-bond acceptors (Lipinski definition) is 2. The molecule has 100 valence electrons. The van der Waals surface area contributed by atoms with Crippen LogP contribution in [-0.2, 0) is 6.42 Å². The third-order valence-electron chi connectivity index (χ3n) is 2.98. The minimum absolute atomic E-state index is 0.359. The van der Waals surface area contributed by atoms with Gasteiger partial charge in [-0.15, -0.1) is 11.8 Å². The Hall–Kier alpha value is -0.960. The number of rotatable bonds is 5. The molecule has 2 aromatic rings. The van der Waals surface area contributed by atoms with Crippen LogP contribution in [0.5, 0.6) is 0 Å². The van der Waals surface area contributed by atoms with Crippen LogP contribution in [0.1, 0.15) is 11.1 Å². The summed E-state index contributed by atoms with van der Waals surface area (Å²) in [6.45, 7) is 2.07. The van der Waals surface area contributed by atoms with Crippen molar-refractivity contribution in [2.45, 2.75) is 24.3 Å². The van der Waals surface area contributed by atoms with Gasteiger partial charge < -0.3 is 5.11 Å². The van der Waals surface area contributed by atoms with E-state index >= 15 is 0 Å². The van der Waals surface area contributed by atoms with Crippen LogP contribution in [0, 0.1) is 6.92 Å². The van der Waals surface area contributed by atoms with Crippen LogP contribution in [0.15, 0.2) is 53.4 Å². The monoisotopic (exact) mass is 292 g/mol. The van der Waals surface area contributed by atoms with Gasteiger partial charge >= 0.3 is 0 Å². The second-order valence-corrected chi connectivity index (χ2v) is 5.99. The third-order valence-corrected chi connectivity index (χ3v) is 4.64. The van der Waals surface area contributed by atoms with Gasteiger partial charge in [0, 0.05) is 10.6 Å². The zero-order chi connectivity index (χ0) is 13.7.